The van der Waals surface area contributed by atoms with Crippen molar-refractivity contribution in [3.63, 3.8) is 0 Å². The van der Waals surface area contributed by atoms with E-state index in [9.17, 15) is 4.79 Å². The van der Waals surface area contributed by atoms with Crippen molar-refractivity contribution >= 4 is 44.4 Å². The molecule has 2 fully saturated rings. The van der Waals surface area contributed by atoms with Crippen LogP contribution in [0.2, 0.25) is 0 Å². The van der Waals surface area contributed by atoms with Crippen LogP contribution >= 0.6 is 11.3 Å². The molecule has 1 aliphatic heterocycles. The first-order valence-electron chi connectivity index (χ1n) is 12.1. The van der Waals surface area contributed by atoms with Gasteiger partial charge in [0.2, 0.25) is 11.8 Å². The standard InChI is InChI=1S/C25H29N7O3S.2H2/c1-31-6-8-32(9-7-31)12-14-10-16(14)24(33)29-18-5-4-15-17(11-26-22(15)28-18)19-20(34-2)21-23(27-13-36-21)30-25(19)35-3;;/h4-5,11,13-14,16H,6-10,12H2,1-3H3,(H2,26,28,29,33);2*1H/t14-,16+;;/m0../s1. The summed E-state index contributed by atoms with van der Waals surface area (Å²) in [4.78, 5) is 34.5. The Balaban J connectivity index is 0.00000168. The van der Waals surface area contributed by atoms with Crippen LogP contribution in [0.15, 0.2) is 23.8 Å². The predicted octanol–water partition coefficient (Wildman–Crippen LogP) is 3.57. The van der Waals surface area contributed by atoms with Crippen molar-refractivity contribution in [1.29, 1.82) is 0 Å². The number of carbonyl (C=O) groups excluding carboxylic acids is 1. The van der Waals surface area contributed by atoms with Gasteiger partial charge in [0, 0.05) is 58.6 Å². The van der Waals surface area contributed by atoms with Gasteiger partial charge in [-0.2, -0.15) is 4.98 Å². The number of likely N-dealkylation sites (N-methyl/N-ethyl adjacent to an activating group) is 1. The van der Waals surface area contributed by atoms with Crippen molar-refractivity contribution in [3.8, 4) is 22.8 Å². The molecule has 1 saturated heterocycles. The highest BCUT2D eigenvalue weighted by Gasteiger charge is 2.44. The number of thiazole rings is 1. The molecule has 2 N–H and O–H groups in total. The van der Waals surface area contributed by atoms with Crippen LogP contribution in [0.5, 0.6) is 11.6 Å². The molecule has 2 aliphatic rings. The first-order chi connectivity index (χ1) is 17.6. The Morgan fingerprint density at radius 1 is 1.22 bits per heavy atom. The van der Waals surface area contributed by atoms with Gasteiger partial charge < -0.3 is 29.6 Å². The highest BCUT2D eigenvalue weighted by Crippen LogP contribution is 2.45. The van der Waals surface area contributed by atoms with Gasteiger partial charge in [0.05, 0.1) is 25.3 Å². The average Bonchev–Trinajstić information content (AvgIpc) is 3.29. The number of nitrogens with zero attached hydrogens (tertiary/aromatic N) is 5. The molecule has 2 atom stereocenters. The number of fused-ring (bicyclic) bond motifs is 2. The van der Waals surface area contributed by atoms with Crippen molar-refractivity contribution in [2.24, 2.45) is 11.8 Å². The smallest absolute Gasteiger partial charge is 0.228 e. The summed E-state index contributed by atoms with van der Waals surface area (Å²) in [5.41, 5.74) is 4.60. The second-order valence-electron chi connectivity index (χ2n) is 9.52. The van der Waals surface area contributed by atoms with E-state index in [4.69, 9.17) is 9.47 Å². The second-order valence-corrected chi connectivity index (χ2v) is 10.4. The van der Waals surface area contributed by atoms with Gasteiger partial charge in [-0.05, 0) is 31.5 Å². The third-order valence-corrected chi connectivity index (χ3v) is 8.02. The van der Waals surface area contributed by atoms with E-state index in [2.05, 4.69) is 42.1 Å². The summed E-state index contributed by atoms with van der Waals surface area (Å²) in [6.45, 7) is 5.35. The number of anilines is 1. The minimum atomic E-state index is 0. The number of piperazine rings is 1. The number of ether oxygens (including phenoxy) is 2. The number of aromatic nitrogens is 4. The molecule has 1 saturated carbocycles. The summed E-state index contributed by atoms with van der Waals surface area (Å²) in [7, 11) is 5.37. The van der Waals surface area contributed by atoms with E-state index in [-0.39, 0.29) is 14.7 Å². The number of amides is 1. The number of carbonyl (C=O) groups is 1. The normalized spacial score (nSPS) is 20.6. The average molecular weight is 512 g/mol. The number of rotatable bonds is 7. The third kappa shape index (κ3) is 4.16. The van der Waals surface area contributed by atoms with Gasteiger partial charge in [-0.1, -0.05) is 0 Å². The molecule has 0 aromatic carbocycles. The van der Waals surface area contributed by atoms with Gasteiger partial charge in [0.15, 0.2) is 11.4 Å². The number of methoxy groups -OCH3 is 2. The molecule has 1 amide bonds. The minimum absolute atomic E-state index is 0. The summed E-state index contributed by atoms with van der Waals surface area (Å²) in [5, 5.41) is 3.90. The number of nitrogens with one attached hydrogen (secondary N) is 2. The lowest BCUT2D eigenvalue weighted by molar-refractivity contribution is -0.117. The van der Waals surface area contributed by atoms with Crippen molar-refractivity contribution in [2.75, 3.05) is 59.3 Å². The largest absolute Gasteiger partial charge is 0.494 e. The maximum atomic E-state index is 12.9. The molecule has 0 radical (unpaired) electrons. The highest BCUT2D eigenvalue weighted by molar-refractivity contribution is 7.17. The molecule has 6 rings (SSSR count). The van der Waals surface area contributed by atoms with E-state index in [1.54, 1.807) is 19.7 Å². The van der Waals surface area contributed by atoms with Crippen LogP contribution < -0.4 is 14.8 Å². The molecule has 5 heterocycles. The van der Waals surface area contributed by atoms with Gasteiger partial charge in [-0.3, -0.25) is 4.79 Å². The monoisotopic (exact) mass is 511 g/mol. The Morgan fingerprint density at radius 2 is 2.06 bits per heavy atom. The molecule has 1 aliphatic carbocycles. The number of hydrogen-bond acceptors (Lipinski definition) is 9. The topological polar surface area (TPSA) is 108 Å². The number of pyridine rings is 2. The molecule has 192 valence electrons. The number of H-pyrrole nitrogens is 1. The number of hydrogen-bond donors (Lipinski definition) is 2. The number of aromatic amines is 1. The van der Waals surface area contributed by atoms with Gasteiger partial charge in [-0.15, -0.1) is 11.3 Å². The Bertz CT molecular complexity index is 1440. The first-order valence-corrected chi connectivity index (χ1v) is 13.0. The van der Waals surface area contributed by atoms with Crippen molar-refractivity contribution in [2.45, 2.75) is 6.42 Å². The molecule has 0 spiro atoms. The fourth-order valence-electron chi connectivity index (χ4n) is 5.05. The summed E-state index contributed by atoms with van der Waals surface area (Å²) in [6, 6.07) is 3.79. The van der Waals surface area contributed by atoms with E-state index in [0.717, 1.165) is 60.4 Å². The highest BCUT2D eigenvalue weighted by atomic mass is 32.1. The van der Waals surface area contributed by atoms with Crippen LogP contribution in [0.4, 0.5) is 5.82 Å². The molecule has 0 bridgehead atoms. The Morgan fingerprint density at radius 3 is 2.83 bits per heavy atom. The molecule has 11 heteroatoms. The molecular weight excluding hydrogens is 478 g/mol. The van der Waals surface area contributed by atoms with Crippen LogP contribution in [0, 0.1) is 11.8 Å². The van der Waals surface area contributed by atoms with E-state index in [1.807, 2.05) is 18.3 Å². The summed E-state index contributed by atoms with van der Waals surface area (Å²) < 4.78 is 12.2. The molecule has 10 nitrogen and oxygen atoms in total. The summed E-state index contributed by atoms with van der Waals surface area (Å²) in [5.74, 6) is 2.19. The fraction of sp³-hybridized carbons (Fsp3) is 0.440. The maximum Gasteiger partial charge on any atom is 0.228 e. The SMILES string of the molecule is COc1nc2ncsc2c(OC)c1-c1c[nH]c2nc(NC(=O)[C@@H]3C[C@H]3CN3CCN(C)CC3)ccc12.[HH].[HH]. The lowest BCUT2D eigenvalue weighted by atomic mass is 10.1. The molecule has 4 aromatic rings. The Kier molecular flexibility index (Phi) is 5.98. The van der Waals surface area contributed by atoms with Crippen LogP contribution in [0.1, 0.15) is 9.27 Å². The zero-order valence-electron chi connectivity index (χ0n) is 20.6. The van der Waals surface area contributed by atoms with Crippen LogP contribution in [0.25, 0.3) is 32.5 Å². The van der Waals surface area contributed by atoms with Gasteiger partial charge in [-0.25, -0.2) is 9.97 Å². The molecule has 4 aromatic heterocycles. The minimum Gasteiger partial charge on any atom is -0.494 e. The van der Waals surface area contributed by atoms with E-state index in [0.29, 0.717) is 34.7 Å². The van der Waals surface area contributed by atoms with Crippen molar-refractivity contribution in [3.05, 3.63) is 23.8 Å². The quantitative estimate of drug-likeness (QED) is 0.388. The molecule has 36 heavy (non-hydrogen) atoms. The van der Waals surface area contributed by atoms with Crippen LogP contribution in [0.3, 0.4) is 0 Å². The molecular formula is C25H33N7O3S. The predicted molar refractivity (Wildman–Crippen MR) is 144 cm³/mol. The zero-order chi connectivity index (χ0) is 24.8. The molecule has 0 unspecified atom stereocenters. The van der Waals surface area contributed by atoms with E-state index >= 15 is 0 Å². The summed E-state index contributed by atoms with van der Waals surface area (Å²) in [6.07, 6.45) is 2.81. The fourth-order valence-corrected chi connectivity index (χ4v) is 5.80. The Labute approximate surface area is 215 Å². The van der Waals surface area contributed by atoms with E-state index < -0.39 is 0 Å². The second kappa shape index (κ2) is 9.30. The third-order valence-electron chi connectivity index (χ3n) is 7.21. The van der Waals surface area contributed by atoms with Gasteiger partial charge >= 0.3 is 0 Å². The van der Waals surface area contributed by atoms with Crippen molar-refractivity contribution in [1.82, 2.24) is 29.7 Å². The Hall–Kier alpha value is -3.28. The van der Waals surface area contributed by atoms with Gasteiger partial charge in [0.25, 0.3) is 0 Å². The van der Waals surface area contributed by atoms with Gasteiger partial charge in [0.1, 0.15) is 16.2 Å². The lowest BCUT2D eigenvalue weighted by Crippen LogP contribution is -2.45. The lowest BCUT2D eigenvalue weighted by Gasteiger charge is -2.32. The summed E-state index contributed by atoms with van der Waals surface area (Å²) >= 11 is 1.47. The van der Waals surface area contributed by atoms with Crippen LogP contribution in [-0.2, 0) is 4.79 Å². The van der Waals surface area contributed by atoms with Crippen molar-refractivity contribution < 1.29 is 17.1 Å². The zero-order valence-corrected chi connectivity index (χ0v) is 21.4. The maximum absolute atomic E-state index is 12.9. The first kappa shape index (κ1) is 23.1. The van der Waals surface area contributed by atoms with E-state index in [1.165, 1.54) is 11.3 Å². The van der Waals surface area contributed by atoms with Crippen LogP contribution in [-0.4, -0.2) is 89.6 Å².